The van der Waals surface area contributed by atoms with Crippen LogP contribution in [-0.2, 0) is 14.3 Å². The number of nitrogens with zero attached hydrogens (tertiary/aromatic N) is 3. The molecule has 2 heterocycles. The minimum Gasteiger partial charge on any atom is -0.465 e. The smallest absolute Gasteiger partial charge is 0.408 e. The van der Waals surface area contributed by atoms with E-state index in [1.807, 2.05) is 22.6 Å². The number of benzene rings is 1. The van der Waals surface area contributed by atoms with Crippen LogP contribution in [0.25, 0.3) is 10.9 Å². The van der Waals surface area contributed by atoms with Gasteiger partial charge in [-0.25, -0.2) is 23.1 Å². The summed E-state index contributed by atoms with van der Waals surface area (Å²) >= 11 is 1.90. The summed E-state index contributed by atoms with van der Waals surface area (Å²) in [5.74, 6) is -2.42. The van der Waals surface area contributed by atoms with Gasteiger partial charge < -0.3 is 9.84 Å². The standard InChI is InChI=1S/C17H16F2IN3O5/c1-2-28-16(25)14(15(24)13-3-8(18)6-22(13)17(26)27)23-7-10-11(19)4-9(20)5-12(10)21-23/h4-5,7-8,13-14H,2-3,6H2,1H3,(H,26,27)/t8-,13+,14?/m1/s1. The highest BCUT2D eigenvalue weighted by atomic mass is 127. The van der Waals surface area contributed by atoms with Gasteiger partial charge in [-0.2, -0.15) is 5.10 Å². The highest BCUT2D eigenvalue weighted by Crippen LogP contribution is 2.28. The monoisotopic (exact) mass is 507 g/mol. The molecule has 2 aromatic rings. The number of alkyl halides is 1. The van der Waals surface area contributed by atoms with Crippen LogP contribution in [0, 0.1) is 9.39 Å². The maximum Gasteiger partial charge on any atom is 0.408 e. The average Bonchev–Trinajstić information content (AvgIpc) is 3.19. The molecular formula is C17H16F2IN3O5. The summed E-state index contributed by atoms with van der Waals surface area (Å²) in [7, 11) is 0. The van der Waals surface area contributed by atoms with Gasteiger partial charge in [-0.15, -0.1) is 0 Å². The molecule has 0 spiro atoms. The molecule has 3 atom stereocenters. The molecule has 1 saturated heterocycles. The molecule has 3 rings (SSSR count). The van der Waals surface area contributed by atoms with E-state index in [1.54, 1.807) is 6.07 Å². The Morgan fingerprint density at radius 2 is 2.14 bits per heavy atom. The zero-order chi connectivity index (χ0) is 20.6. The molecule has 1 aromatic carbocycles. The van der Waals surface area contributed by atoms with Crippen molar-refractivity contribution in [2.24, 2.45) is 0 Å². The molecule has 28 heavy (non-hydrogen) atoms. The number of halogens is 3. The third-order valence-corrected chi connectivity index (χ3v) is 5.05. The SMILES string of the molecule is CCOC(=O)C(C(=O)[C@@H]1C[C@@H](F)CN1C(=O)O)n1cc2c(F)cc(I)cc2n1. The number of hydrogen-bond acceptors (Lipinski definition) is 5. The number of aromatic nitrogens is 2. The number of fused-ring (bicyclic) bond motifs is 1. The van der Waals surface area contributed by atoms with Gasteiger partial charge in [-0.05, 0) is 41.6 Å². The molecular weight excluding hydrogens is 491 g/mol. The van der Waals surface area contributed by atoms with Crippen molar-refractivity contribution in [1.29, 1.82) is 0 Å². The number of likely N-dealkylation sites (tertiary alicyclic amines) is 1. The molecule has 150 valence electrons. The fourth-order valence-electron chi connectivity index (χ4n) is 3.22. The van der Waals surface area contributed by atoms with Gasteiger partial charge in [0, 0.05) is 16.2 Å². The Morgan fingerprint density at radius 3 is 2.79 bits per heavy atom. The molecule has 0 saturated carbocycles. The molecule has 1 aliphatic rings. The number of carboxylic acid groups (broad SMARTS) is 1. The number of esters is 1. The Morgan fingerprint density at radius 1 is 1.43 bits per heavy atom. The topological polar surface area (TPSA) is 102 Å². The molecule has 1 aliphatic heterocycles. The number of ether oxygens (including phenoxy) is 1. The Hall–Kier alpha value is -2.31. The molecule has 1 unspecified atom stereocenters. The van der Waals surface area contributed by atoms with Gasteiger partial charge in [-0.3, -0.25) is 9.69 Å². The first kappa shape index (κ1) is 20.4. The normalized spacial score (nSPS) is 20.4. The molecule has 0 bridgehead atoms. The number of carbonyl (C=O) groups excluding carboxylic acids is 2. The van der Waals surface area contributed by atoms with Gasteiger partial charge in [-0.1, -0.05) is 0 Å². The predicted octanol–water partition coefficient (Wildman–Crippen LogP) is 2.54. The lowest BCUT2D eigenvalue weighted by Crippen LogP contribution is -2.45. The lowest BCUT2D eigenvalue weighted by Gasteiger charge is -2.23. The van der Waals surface area contributed by atoms with E-state index in [1.165, 1.54) is 19.2 Å². The summed E-state index contributed by atoms with van der Waals surface area (Å²) in [5.41, 5.74) is 0.219. The average molecular weight is 507 g/mol. The second kappa shape index (κ2) is 7.97. The number of amides is 1. The fraction of sp³-hybridized carbons (Fsp3) is 0.412. The molecule has 1 N–H and O–H groups in total. The maximum absolute atomic E-state index is 14.2. The van der Waals surface area contributed by atoms with E-state index in [0.29, 0.717) is 8.47 Å². The molecule has 8 nitrogen and oxygen atoms in total. The van der Waals surface area contributed by atoms with Gasteiger partial charge >= 0.3 is 12.1 Å². The summed E-state index contributed by atoms with van der Waals surface area (Å²) in [6.07, 6.45) is -2.17. The van der Waals surface area contributed by atoms with Crippen LogP contribution in [-0.4, -0.2) is 63.0 Å². The van der Waals surface area contributed by atoms with Crippen LogP contribution in [0.3, 0.4) is 0 Å². The quantitative estimate of drug-likeness (QED) is 0.380. The first-order valence-corrected chi connectivity index (χ1v) is 9.48. The van der Waals surface area contributed by atoms with Gasteiger partial charge in [0.1, 0.15) is 12.0 Å². The summed E-state index contributed by atoms with van der Waals surface area (Å²) < 4.78 is 34.4. The van der Waals surface area contributed by atoms with Crippen LogP contribution in [0.15, 0.2) is 18.3 Å². The number of Topliss-reactive ketones (excluding diaryl/α,β-unsaturated/α-hetero) is 1. The third-order valence-electron chi connectivity index (χ3n) is 4.43. The first-order chi connectivity index (χ1) is 13.2. The maximum atomic E-state index is 14.2. The molecule has 1 amide bonds. The van der Waals surface area contributed by atoms with E-state index in [0.717, 1.165) is 4.68 Å². The van der Waals surface area contributed by atoms with Crippen LogP contribution in [0.2, 0.25) is 0 Å². The summed E-state index contributed by atoms with van der Waals surface area (Å²) in [6.45, 7) is 1.04. The van der Waals surface area contributed by atoms with E-state index in [4.69, 9.17) is 4.74 Å². The predicted molar refractivity (Wildman–Crippen MR) is 101 cm³/mol. The number of ketones is 1. The van der Waals surface area contributed by atoms with Crippen LogP contribution >= 0.6 is 22.6 Å². The minimum atomic E-state index is -1.65. The van der Waals surface area contributed by atoms with Crippen molar-refractivity contribution in [2.75, 3.05) is 13.2 Å². The van der Waals surface area contributed by atoms with Crippen molar-refractivity contribution >= 4 is 51.3 Å². The van der Waals surface area contributed by atoms with Crippen LogP contribution in [0.5, 0.6) is 0 Å². The second-order valence-electron chi connectivity index (χ2n) is 6.27. The van der Waals surface area contributed by atoms with E-state index in [-0.39, 0.29) is 23.9 Å². The number of rotatable bonds is 5. The summed E-state index contributed by atoms with van der Waals surface area (Å²) in [5, 5.41) is 13.4. The van der Waals surface area contributed by atoms with E-state index < -0.39 is 48.5 Å². The van der Waals surface area contributed by atoms with E-state index in [2.05, 4.69) is 5.10 Å². The first-order valence-electron chi connectivity index (χ1n) is 8.40. The largest absolute Gasteiger partial charge is 0.465 e. The zero-order valence-corrected chi connectivity index (χ0v) is 16.8. The number of carbonyl (C=O) groups is 3. The van der Waals surface area contributed by atoms with Gasteiger partial charge in [0.2, 0.25) is 6.04 Å². The Balaban J connectivity index is 2.04. The zero-order valence-electron chi connectivity index (χ0n) is 14.6. The molecule has 0 radical (unpaired) electrons. The number of hydrogen-bond donors (Lipinski definition) is 1. The van der Waals surface area contributed by atoms with Crippen molar-refractivity contribution in [2.45, 2.75) is 31.6 Å². The fourth-order valence-corrected chi connectivity index (χ4v) is 3.79. The second-order valence-corrected chi connectivity index (χ2v) is 7.52. The van der Waals surface area contributed by atoms with Crippen LogP contribution < -0.4 is 0 Å². The highest BCUT2D eigenvalue weighted by Gasteiger charge is 2.45. The highest BCUT2D eigenvalue weighted by molar-refractivity contribution is 14.1. The summed E-state index contributed by atoms with van der Waals surface area (Å²) in [4.78, 5) is 37.5. The van der Waals surface area contributed by atoms with Crippen LogP contribution in [0.4, 0.5) is 13.6 Å². The van der Waals surface area contributed by atoms with E-state index >= 15 is 0 Å². The van der Waals surface area contributed by atoms with Crippen molar-refractivity contribution in [3.8, 4) is 0 Å². The van der Waals surface area contributed by atoms with Gasteiger partial charge in [0.05, 0.1) is 30.1 Å². The van der Waals surface area contributed by atoms with Gasteiger partial charge in [0.15, 0.2) is 5.78 Å². The van der Waals surface area contributed by atoms with Crippen molar-refractivity contribution in [3.05, 3.63) is 27.7 Å². The van der Waals surface area contributed by atoms with Gasteiger partial charge in [0.25, 0.3) is 0 Å². The minimum absolute atomic E-state index is 0.0330. The molecule has 1 fully saturated rings. The summed E-state index contributed by atoms with van der Waals surface area (Å²) in [6, 6.07) is -0.174. The lowest BCUT2D eigenvalue weighted by atomic mass is 10.0. The van der Waals surface area contributed by atoms with Crippen molar-refractivity contribution < 1.29 is 33.0 Å². The van der Waals surface area contributed by atoms with Crippen molar-refractivity contribution in [3.63, 3.8) is 0 Å². The van der Waals surface area contributed by atoms with Crippen molar-refractivity contribution in [1.82, 2.24) is 14.7 Å². The molecule has 0 aliphatic carbocycles. The Bertz CT molecular complexity index is 950. The Kier molecular flexibility index (Phi) is 5.82. The van der Waals surface area contributed by atoms with E-state index in [9.17, 15) is 28.3 Å². The Labute approximate surface area is 171 Å². The third kappa shape index (κ3) is 3.80. The molecule has 11 heteroatoms. The van der Waals surface area contributed by atoms with Crippen LogP contribution in [0.1, 0.15) is 19.4 Å². The lowest BCUT2D eigenvalue weighted by molar-refractivity contribution is -0.152. The molecule has 1 aromatic heterocycles.